The van der Waals surface area contributed by atoms with E-state index in [0.717, 1.165) is 149 Å². The van der Waals surface area contributed by atoms with E-state index in [4.69, 9.17) is 34.2 Å². The Hall–Kier alpha value is -10.5. The highest BCUT2D eigenvalue weighted by atomic mass is 16.6. The van der Waals surface area contributed by atoms with E-state index >= 15 is 0 Å². The molecule has 19 heteroatoms. The van der Waals surface area contributed by atoms with E-state index in [1.165, 1.54) is 22.2 Å². The fraction of sp³-hybridized carbons (Fsp3) is 0.376. The number of nitrogens with one attached hydrogen (secondary N) is 5. The van der Waals surface area contributed by atoms with Gasteiger partial charge in [0.1, 0.15) is 39.9 Å². The summed E-state index contributed by atoms with van der Waals surface area (Å²) in [6.45, 7) is 36.8. The number of aryl methyl sites for hydroxylation is 3. The van der Waals surface area contributed by atoms with Crippen molar-refractivity contribution in [3.8, 4) is 68.1 Å². The highest BCUT2D eigenvalue weighted by Crippen LogP contribution is 2.42. The van der Waals surface area contributed by atoms with E-state index in [2.05, 4.69) is 200 Å². The molecule has 3 aliphatic rings. The Kier molecular flexibility index (Phi) is 20.8. The highest BCUT2D eigenvalue weighted by Gasteiger charge is 2.35. The Morgan fingerprint density at radius 3 is 1.24 bits per heavy atom. The van der Waals surface area contributed by atoms with Gasteiger partial charge in [0.2, 0.25) is 0 Å². The van der Waals surface area contributed by atoms with Crippen molar-refractivity contribution in [1.82, 2.24) is 64.7 Å². The van der Waals surface area contributed by atoms with E-state index in [0.29, 0.717) is 76.6 Å². The summed E-state index contributed by atoms with van der Waals surface area (Å²) < 4.78 is 30.7. The molecule has 5 N–H and O–H groups in total. The first kappa shape index (κ1) is 71.8. The first-order valence-electron chi connectivity index (χ1n) is 36.8. The minimum absolute atomic E-state index is 0.0465. The summed E-state index contributed by atoms with van der Waals surface area (Å²) in [5, 5.41) is 25.5. The second-order valence-electron chi connectivity index (χ2n) is 31.2. The number of hydrogen-bond donors (Lipinski definition) is 5. The van der Waals surface area contributed by atoms with Gasteiger partial charge in [-0.1, -0.05) is 96.1 Å². The molecule has 0 aliphatic carbocycles. The summed E-state index contributed by atoms with van der Waals surface area (Å²) in [6, 6.07) is 44.2. The lowest BCUT2D eigenvalue weighted by molar-refractivity contribution is 0.0223. The van der Waals surface area contributed by atoms with Crippen molar-refractivity contribution >= 4 is 44.8 Å². The van der Waals surface area contributed by atoms with Crippen LogP contribution in [-0.4, -0.2) is 117 Å². The van der Waals surface area contributed by atoms with Crippen LogP contribution in [0.2, 0.25) is 0 Å². The molecule has 0 radical (unpaired) electrons. The number of carbonyl (C=O) groups is 2. The molecule has 3 amide bonds. The summed E-state index contributed by atoms with van der Waals surface area (Å²) in [6.07, 6.45) is 7.90. The molecule has 12 aromatic rings. The number of urea groups is 1. The maximum absolute atomic E-state index is 13.1. The molecule has 0 spiro atoms. The average Bonchev–Trinajstić information content (AvgIpc) is 1.60. The molecule has 9 heterocycles. The third-order valence-corrected chi connectivity index (χ3v) is 18.8. The van der Waals surface area contributed by atoms with Gasteiger partial charge in [0, 0.05) is 136 Å². The number of aromatic nitrogens is 9. The molecule has 3 aliphatic heterocycles. The zero-order valence-corrected chi connectivity index (χ0v) is 63.1. The molecule has 0 saturated carbocycles. The molecule has 0 unspecified atom stereocenters. The molecule has 6 aromatic heterocycles. The van der Waals surface area contributed by atoms with Gasteiger partial charge in [0.15, 0.2) is 0 Å². The lowest BCUT2D eigenvalue weighted by atomic mass is 9.99. The van der Waals surface area contributed by atoms with Gasteiger partial charge >= 0.3 is 12.1 Å². The molecule has 19 nitrogen and oxygen atoms in total. The summed E-state index contributed by atoms with van der Waals surface area (Å²) in [5.74, 6) is 3.78. The van der Waals surface area contributed by atoms with E-state index < -0.39 is 5.60 Å². The van der Waals surface area contributed by atoms with Gasteiger partial charge in [-0.25, -0.2) is 23.6 Å². The zero-order chi connectivity index (χ0) is 73.3. The Labute approximate surface area is 610 Å². The Morgan fingerprint density at radius 2 is 0.856 bits per heavy atom. The standard InChI is InChI=1S/C30H37N5O2.C30H36N4O3.C25H28N4O/c1-19(2)18-37-26-9-7-8-20(3)27(26)35-28(22-10-11-24-21(16-22)12-14-31-24)23-17-34(15-13-25(23)33-35)29(36)32-30(4,5)6;1-19(2)18-36-26-9-7-8-20(3)27(26)34-28(22-10-11-24-21(16-22)12-14-31-24)23-17-33(15-13-25(23)32-34)29(35)37-30(4,5)6;1-16(2)15-30-23-6-4-5-17(3)24(23)29-25(20-14-26-11-10-22(20)28-29)19-7-8-21-18(13-19)9-12-27-21/h7-12,14,16,19,31H,13,15,17-18H2,1-6H3,(H,32,36);7-12,14,16,19,31H,13,15,17-18H2,1-6H3;4-9,12-13,16,26-27H,10-11,14-15H2,1-3H3. The average molecular weight is 1400 g/mol. The maximum atomic E-state index is 13.1. The molecule has 104 heavy (non-hydrogen) atoms. The minimum Gasteiger partial charge on any atom is -0.491 e. The summed E-state index contributed by atoms with van der Waals surface area (Å²) >= 11 is 0. The fourth-order valence-electron chi connectivity index (χ4n) is 13.9. The number of amides is 3. The Balaban J connectivity index is 0.000000139. The van der Waals surface area contributed by atoms with E-state index in [1.54, 1.807) is 4.90 Å². The van der Waals surface area contributed by atoms with Crippen LogP contribution < -0.4 is 24.8 Å². The predicted molar refractivity (Wildman–Crippen MR) is 416 cm³/mol. The number of fused-ring (bicyclic) bond motifs is 6. The molecular formula is C85H101N13O6. The van der Waals surface area contributed by atoms with Crippen molar-refractivity contribution in [3.63, 3.8) is 0 Å². The van der Waals surface area contributed by atoms with Crippen molar-refractivity contribution in [2.75, 3.05) is 39.5 Å². The highest BCUT2D eigenvalue weighted by molar-refractivity contribution is 5.89. The number of aromatic amines is 3. The Morgan fingerprint density at radius 1 is 0.481 bits per heavy atom. The third-order valence-electron chi connectivity index (χ3n) is 18.8. The number of H-pyrrole nitrogens is 3. The number of hydrogen-bond acceptors (Lipinski definition) is 10. The van der Waals surface area contributed by atoms with Gasteiger partial charge in [-0.3, -0.25) is 0 Å². The molecular weight excluding hydrogens is 1300 g/mol. The number of benzene rings is 6. The topological polar surface area (TPSA) is 202 Å². The van der Waals surface area contributed by atoms with Gasteiger partial charge < -0.3 is 54.3 Å². The molecule has 6 aromatic carbocycles. The van der Waals surface area contributed by atoms with Gasteiger partial charge in [0.25, 0.3) is 0 Å². The van der Waals surface area contributed by atoms with Crippen LogP contribution in [0.25, 0.3) is 83.5 Å². The largest absolute Gasteiger partial charge is 0.491 e. The summed E-state index contributed by atoms with van der Waals surface area (Å²) in [5.41, 5.74) is 21.8. The summed E-state index contributed by atoms with van der Waals surface area (Å²) in [7, 11) is 0. The van der Waals surface area contributed by atoms with Crippen LogP contribution in [0, 0.1) is 38.5 Å². The number of carbonyl (C=O) groups excluding carboxylic acids is 2. The molecule has 0 atom stereocenters. The van der Waals surface area contributed by atoms with Gasteiger partial charge in [-0.2, -0.15) is 15.3 Å². The third kappa shape index (κ3) is 15.7. The Bertz CT molecular complexity index is 4860. The monoisotopic (exact) mass is 1400 g/mol. The smallest absolute Gasteiger partial charge is 0.410 e. The van der Waals surface area contributed by atoms with Crippen molar-refractivity contribution in [2.24, 2.45) is 17.8 Å². The molecule has 15 rings (SSSR count). The van der Waals surface area contributed by atoms with Crippen molar-refractivity contribution in [2.45, 2.75) is 154 Å². The van der Waals surface area contributed by atoms with Crippen LogP contribution in [0.4, 0.5) is 9.59 Å². The second-order valence-corrected chi connectivity index (χ2v) is 31.2. The van der Waals surface area contributed by atoms with E-state index in [9.17, 15) is 9.59 Å². The lowest BCUT2D eigenvalue weighted by Gasteiger charge is -2.31. The number of ether oxygens (including phenoxy) is 4. The van der Waals surface area contributed by atoms with Gasteiger partial charge in [0.05, 0.1) is 67.1 Å². The van der Waals surface area contributed by atoms with Crippen LogP contribution in [-0.2, 0) is 43.6 Å². The maximum Gasteiger partial charge on any atom is 0.410 e. The van der Waals surface area contributed by atoms with Crippen molar-refractivity contribution < 1.29 is 28.5 Å². The minimum atomic E-state index is -0.548. The van der Waals surface area contributed by atoms with Gasteiger partial charge in [-0.15, -0.1) is 0 Å². The molecule has 542 valence electrons. The molecule has 0 bridgehead atoms. The molecule has 0 fully saturated rings. The second kappa shape index (κ2) is 30.0. The first-order chi connectivity index (χ1) is 49.8. The fourth-order valence-corrected chi connectivity index (χ4v) is 13.9. The predicted octanol–water partition coefficient (Wildman–Crippen LogP) is 17.9. The lowest BCUT2D eigenvalue weighted by Crippen LogP contribution is -2.49. The van der Waals surface area contributed by atoms with Crippen molar-refractivity contribution in [3.05, 3.63) is 196 Å². The first-order valence-corrected chi connectivity index (χ1v) is 36.8. The number of nitrogens with zero attached hydrogens (tertiary/aromatic N) is 8. The van der Waals surface area contributed by atoms with Crippen molar-refractivity contribution in [1.29, 1.82) is 0 Å². The zero-order valence-electron chi connectivity index (χ0n) is 63.1. The van der Waals surface area contributed by atoms with E-state index in [-0.39, 0.29) is 17.7 Å². The van der Waals surface area contributed by atoms with Crippen LogP contribution in [0.1, 0.15) is 134 Å². The quantitative estimate of drug-likeness (QED) is 0.0657. The van der Waals surface area contributed by atoms with Crippen LogP contribution in [0.15, 0.2) is 146 Å². The van der Waals surface area contributed by atoms with Gasteiger partial charge in [-0.05, 0) is 170 Å². The number of rotatable bonds is 15. The van der Waals surface area contributed by atoms with Crippen LogP contribution in [0.5, 0.6) is 17.2 Å². The van der Waals surface area contributed by atoms with Crippen LogP contribution in [0.3, 0.4) is 0 Å². The summed E-state index contributed by atoms with van der Waals surface area (Å²) in [4.78, 5) is 39.6. The van der Waals surface area contributed by atoms with E-state index in [1.807, 2.05) is 94.0 Å². The SMILES string of the molecule is Cc1cccc(OCC(C)C)c1-n1nc2c(c1-c1ccc3[nH]ccc3c1)CN(C(=O)NC(C)(C)C)CC2.Cc1cccc(OCC(C)C)c1-n1nc2c(c1-c1ccc3[nH]ccc3c1)CN(C(=O)OC(C)(C)C)CC2.Cc1cccc(OCC(C)C)c1-n1nc2c(c1-c1ccc3[nH]ccc3c1)CNCC2. The van der Waals surface area contributed by atoms with Crippen LogP contribution >= 0.6 is 0 Å². The molecule has 0 saturated heterocycles. The number of para-hydroxylation sites is 3. The normalized spacial score (nSPS) is 13.8.